The molecular weight excluding hydrogens is 182 g/mol. The Morgan fingerprint density at radius 1 is 1.07 bits per heavy atom. The smallest absolute Gasteiger partial charge is 0.329 e. The van der Waals surface area contributed by atoms with Crippen molar-refractivity contribution in [2.75, 3.05) is 7.05 Å². The summed E-state index contributed by atoms with van der Waals surface area (Å²) < 4.78 is 0. The molecule has 0 aromatic rings. The number of carbonyl (C=O) groups is 2. The summed E-state index contributed by atoms with van der Waals surface area (Å²) in [4.78, 5) is 24.0. The number of aliphatic carboxylic acids is 1. The van der Waals surface area contributed by atoms with Gasteiger partial charge in [-0.1, -0.05) is 20.8 Å². The van der Waals surface area contributed by atoms with Crippen molar-refractivity contribution in [1.82, 2.24) is 4.90 Å². The first-order valence-electron chi connectivity index (χ1n) is 4.53. The zero-order chi connectivity index (χ0) is 11.7. The van der Waals surface area contributed by atoms with Crippen LogP contribution in [0.3, 0.4) is 0 Å². The summed E-state index contributed by atoms with van der Waals surface area (Å²) in [7, 11) is 1.52. The molecule has 14 heavy (non-hydrogen) atoms. The Labute approximate surface area is 84.9 Å². The van der Waals surface area contributed by atoms with Crippen LogP contribution in [0, 0.1) is 5.41 Å². The zero-order valence-corrected chi connectivity index (χ0v) is 9.71. The Morgan fingerprint density at radius 3 is 1.64 bits per heavy atom. The first kappa shape index (κ1) is 12.9. The molecule has 0 rings (SSSR count). The monoisotopic (exact) mass is 201 g/mol. The van der Waals surface area contributed by atoms with E-state index < -0.39 is 16.9 Å². The van der Waals surface area contributed by atoms with Crippen LogP contribution < -0.4 is 0 Å². The lowest BCUT2D eigenvalue weighted by Crippen LogP contribution is -2.53. The lowest BCUT2D eigenvalue weighted by Gasteiger charge is -2.35. The van der Waals surface area contributed by atoms with Gasteiger partial charge in [0.1, 0.15) is 5.54 Å². The van der Waals surface area contributed by atoms with Crippen LogP contribution in [-0.4, -0.2) is 34.5 Å². The molecule has 0 spiro atoms. The average Bonchev–Trinajstić information content (AvgIpc) is 1.99. The lowest BCUT2D eigenvalue weighted by molar-refractivity contribution is -0.158. The number of hydrogen-bond donors (Lipinski definition) is 1. The van der Waals surface area contributed by atoms with E-state index in [9.17, 15) is 9.59 Å². The van der Waals surface area contributed by atoms with Crippen LogP contribution in [0.5, 0.6) is 0 Å². The van der Waals surface area contributed by atoms with Crippen molar-refractivity contribution in [3.63, 3.8) is 0 Å². The van der Waals surface area contributed by atoms with Gasteiger partial charge in [0.15, 0.2) is 0 Å². The second-order valence-electron chi connectivity index (χ2n) is 4.98. The number of amides is 1. The van der Waals surface area contributed by atoms with Crippen molar-refractivity contribution in [3.8, 4) is 0 Å². The van der Waals surface area contributed by atoms with Gasteiger partial charge in [-0.05, 0) is 13.8 Å². The summed E-state index contributed by atoms with van der Waals surface area (Å²) in [6.45, 7) is 8.33. The maximum Gasteiger partial charge on any atom is 0.329 e. The Kier molecular flexibility index (Phi) is 3.32. The minimum absolute atomic E-state index is 0.176. The van der Waals surface area contributed by atoms with E-state index in [0.717, 1.165) is 0 Å². The third kappa shape index (κ3) is 2.47. The highest BCUT2D eigenvalue weighted by atomic mass is 16.4. The number of nitrogens with zero attached hydrogens (tertiary/aromatic N) is 1. The highest BCUT2D eigenvalue weighted by Gasteiger charge is 2.38. The molecule has 1 amide bonds. The van der Waals surface area contributed by atoms with Crippen LogP contribution in [0.25, 0.3) is 0 Å². The van der Waals surface area contributed by atoms with Crippen LogP contribution in [0.4, 0.5) is 0 Å². The summed E-state index contributed by atoms with van der Waals surface area (Å²) in [6.07, 6.45) is 0. The van der Waals surface area contributed by atoms with Crippen molar-refractivity contribution >= 4 is 11.9 Å². The van der Waals surface area contributed by atoms with Crippen LogP contribution in [0.15, 0.2) is 0 Å². The molecule has 4 heteroatoms. The molecule has 0 saturated carbocycles. The van der Waals surface area contributed by atoms with E-state index in [1.165, 1.54) is 25.8 Å². The summed E-state index contributed by atoms with van der Waals surface area (Å²) in [6, 6.07) is 0. The fourth-order valence-corrected chi connectivity index (χ4v) is 0.900. The van der Waals surface area contributed by atoms with E-state index in [-0.39, 0.29) is 5.91 Å². The number of likely N-dealkylation sites (N-methyl/N-ethyl adjacent to an activating group) is 1. The lowest BCUT2D eigenvalue weighted by atomic mass is 9.92. The van der Waals surface area contributed by atoms with E-state index in [1.54, 1.807) is 20.8 Å². The average molecular weight is 201 g/mol. The van der Waals surface area contributed by atoms with Crippen LogP contribution in [0.1, 0.15) is 34.6 Å². The molecule has 0 bridgehead atoms. The van der Waals surface area contributed by atoms with Crippen molar-refractivity contribution in [3.05, 3.63) is 0 Å². The molecule has 0 fully saturated rings. The third-order valence-electron chi connectivity index (χ3n) is 2.31. The second-order valence-corrected chi connectivity index (χ2v) is 4.98. The van der Waals surface area contributed by atoms with Crippen LogP contribution >= 0.6 is 0 Å². The molecule has 0 atom stereocenters. The van der Waals surface area contributed by atoms with Gasteiger partial charge in [-0.3, -0.25) is 4.79 Å². The molecule has 0 aromatic carbocycles. The zero-order valence-electron chi connectivity index (χ0n) is 9.71. The third-order valence-corrected chi connectivity index (χ3v) is 2.31. The van der Waals surface area contributed by atoms with E-state index in [1.807, 2.05) is 0 Å². The van der Waals surface area contributed by atoms with E-state index in [2.05, 4.69) is 0 Å². The predicted octanol–water partition coefficient (Wildman–Crippen LogP) is 1.35. The van der Waals surface area contributed by atoms with Crippen molar-refractivity contribution in [1.29, 1.82) is 0 Å². The van der Waals surface area contributed by atoms with Crippen molar-refractivity contribution in [2.24, 2.45) is 5.41 Å². The topological polar surface area (TPSA) is 57.6 Å². The maximum absolute atomic E-state index is 11.8. The summed E-state index contributed by atoms with van der Waals surface area (Å²) in [5.41, 5.74) is -1.72. The van der Waals surface area contributed by atoms with Crippen molar-refractivity contribution in [2.45, 2.75) is 40.2 Å². The van der Waals surface area contributed by atoms with Crippen LogP contribution in [-0.2, 0) is 9.59 Å². The quantitative estimate of drug-likeness (QED) is 0.733. The summed E-state index contributed by atoms with van der Waals surface area (Å²) >= 11 is 0. The molecule has 82 valence electrons. The number of rotatable bonds is 2. The number of carboxylic acid groups (broad SMARTS) is 1. The Balaban J connectivity index is 4.89. The van der Waals surface area contributed by atoms with Gasteiger partial charge in [0.05, 0.1) is 0 Å². The van der Waals surface area contributed by atoms with Gasteiger partial charge in [-0.15, -0.1) is 0 Å². The Morgan fingerprint density at radius 2 is 1.43 bits per heavy atom. The molecule has 0 heterocycles. The van der Waals surface area contributed by atoms with Gasteiger partial charge >= 0.3 is 5.97 Å². The molecule has 0 aliphatic heterocycles. The van der Waals surface area contributed by atoms with Crippen molar-refractivity contribution < 1.29 is 14.7 Å². The number of hydrogen-bond acceptors (Lipinski definition) is 2. The Hall–Kier alpha value is -1.06. The summed E-state index contributed by atoms with van der Waals surface area (Å²) in [5.74, 6) is -1.18. The normalized spacial score (nSPS) is 12.4. The molecule has 0 radical (unpaired) electrons. The van der Waals surface area contributed by atoms with E-state index in [4.69, 9.17) is 5.11 Å². The molecule has 0 aliphatic carbocycles. The van der Waals surface area contributed by atoms with Gasteiger partial charge in [0, 0.05) is 12.5 Å². The molecule has 0 aromatic heterocycles. The first-order valence-corrected chi connectivity index (χ1v) is 4.53. The van der Waals surface area contributed by atoms with Gasteiger partial charge in [0.25, 0.3) is 0 Å². The maximum atomic E-state index is 11.8. The molecule has 4 nitrogen and oxygen atoms in total. The molecule has 0 aliphatic rings. The second kappa shape index (κ2) is 3.59. The highest BCUT2D eigenvalue weighted by molar-refractivity contribution is 5.88. The minimum Gasteiger partial charge on any atom is -0.480 e. The van der Waals surface area contributed by atoms with Crippen LogP contribution in [0.2, 0.25) is 0 Å². The fourth-order valence-electron chi connectivity index (χ4n) is 0.900. The molecule has 0 saturated heterocycles. The molecular formula is C10H19NO3. The van der Waals surface area contributed by atoms with Gasteiger partial charge in [0.2, 0.25) is 5.91 Å². The molecule has 1 N–H and O–H groups in total. The van der Waals surface area contributed by atoms with Gasteiger partial charge in [-0.2, -0.15) is 0 Å². The fraction of sp³-hybridized carbons (Fsp3) is 0.800. The number of carboxylic acids is 1. The largest absolute Gasteiger partial charge is 0.480 e. The summed E-state index contributed by atoms with van der Waals surface area (Å²) in [5, 5.41) is 8.93. The van der Waals surface area contributed by atoms with E-state index >= 15 is 0 Å². The predicted molar refractivity (Wildman–Crippen MR) is 53.9 cm³/mol. The van der Waals surface area contributed by atoms with Gasteiger partial charge < -0.3 is 10.0 Å². The number of carbonyl (C=O) groups excluding carboxylic acids is 1. The standard InChI is InChI=1S/C10H19NO3/c1-9(2,3)7(12)11(6)10(4,5)8(13)14/h1-6H3,(H,13,14). The van der Waals surface area contributed by atoms with E-state index in [0.29, 0.717) is 0 Å². The SMILES string of the molecule is CN(C(=O)C(C)(C)C)C(C)(C)C(=O)O. The van der Waals surface area contributed by atoms with Gasteiger partial charge in [-0.25, -0.2) is 4.79 Å². The minimum atomic E-state index is -1.16. The molecule has 0 unspecified atom stereocenters. The first-order chi connectivity index (χ1) is 6.01. The highest BCUT2D eigenvalue weighted by Crippen LogP contribution is 2.22. The Bertz CT molecular complexity index is 251.